The summed E-state index contributed by atoms with van der Waals surface area (Å²) in [6.07, 6.45) is 3.35. The van der Waals surface area contributed by atoms with Crippen LogP contribution in [0.4, 0.5) is 0 Å². The summed E-state index contributed by atoms with van der Waals surface area (Å²) in [5.41, 5.74) is 4.17. The summed E-state index contributed by atoms with van der Waals surface area (Å²) in [6, 6.07) is 0. The molecule has 1 aromatic rings. The maximum Gasteiger partial charge on any atom is 0.190 e. The van der Waals surface area contributed by atoms with Gasteiger partial charge in [0.15, 0.2) is 17.3 Å². The Morgan fingerprint density at radius 3 is 2.67 bits per heavy atom. The zero-order valence-corrected chi connectivity index (χ0v) is 14.5. The van der Waals surface area contributed by atoms with Crippen molar-refractivity contribution in [2.24, 2.45) is 0 Å². The highest BCUT2D eigenvalue weighted by Gasteiger charge is 2.47. The zero-order chi connectivity index (χ0) is 17.4. The van der Waals surface area contributed by atoms with Gasteiger partial charge in [-0.15, -0.1) is 0 Å². The van der Waals surface area contributed by atoms with Crippen LogP contribution in [0.15, 0.2) is 22.8 Å². The molecule has 2 N–H and O–H groups in total. The van der Waals surface area contributed by atoms with Crippen molar-refractivity contribution in [2.75, 3.05) is 6.61 Å². The Morgan fingerprint density at radius 1 is 1.25 bits per heavy atom. The van der Waals surface area contributed by atoms with Crippen molar-refractivity contribution < 1.29 is 19.7 Å². The molecule has 1 heterocycles. The van der Waals surface area contributed by atoms with Gasteiger partial charge in [-0.3, -0.25) is 4.79 Å². The van der Waals surface area contributed by atoms with Crippen molar-refractivity contribution in [2.45, 2.75) is 51.9 Å². The minimum Gasteiger partial charge on any atom is -0.507 e. The van der Waals surface area contributed by atoms with Crippen molar-refractivity contribution in [1.82, 2.24) is 0 Å². The second kappa shape index (κ2) is 4.65. The molecule has 0 spiro atoms. The lowest BCUT2D eigenvalue weighted by Crippen LogP contribution is -2.34. The smallest absolute Gasteiger partial charge is 0.190 e. The highest BCUT2D eigenvalue weighted by atomic mass is 16.5. The molecule has 3 aliphatic rings. The molecule has 0 bridgehead atoms. The van der Waals surface area contributed by atoms with Crippen LogP contribution in [0.25, 0.3) is 0 Å². The number of ether oxygens (including phenoxy) is 1. The third-order valence-corrected chi connectivity index (χ3v) is 6.12. The van der Waals surface area contributed by atoms with Crippen LogP contribution >= 0.6 is 0 Å². The molecule has 1 aromatic carbocycles. The van der Waals surface area contributed by atoms with Crippen molar-refractivity contribution >= 4 is 5.78 Å². The van der Waals surface area contributed by atoms with E-state index in [0.717, 1.165) is 24.0 Å². The zero-order valence-electron chi connectivity index (χ0n) is 14.5. The number of hydrogen-bond acceptors (Lipinski definition) is 4. The molecule has 0 fully saturated rings. The van der Waals surface area contributed by atoms with Gasteiger partial charge in [0.05, 0.1) is 12.2 Å². The minimum atomic E-state index is -0.487. The van der Waals surface area contributed by atoms with E-state index in [4.69, 9.17) is 4.74 Å². The molecule has 0 amide bonds. The Morgan fingerprint density at radius 2 is 1.96 bits per heavy atom. The molecule has 0 radical (unpaired) electrons. The van der Waals surface area contributed by atoms with Crippen LogP contribution in [0.1, 0.15) is 67.9 Å². The maximum atomic E-state index is 12.8. The van der Waals surface area contributed by atoms with Crippen LogP contribution in [0, 0.1) is 0 Å². The fraction of sp³-hybridized carbons (Fsp3) is 0.450. The molecule has 4 nitrogen and oxygen atoms in total. The van der Waals surface area contributed by atoms with E-state index in [2.05, 4.69) is 6.92 Å². The van der Waals surface area contributed by atoms with Gasteiger partial charge in [0, 0.05) is 22.5 Å². The molecule has 0 aromatic heterocycles. The van der Waals surface area contributed by atoms with Gasteiger partial charge in [0.25, 0.3) is 0 Å². The van der Waals surface area contributed by atoms with E-state index in [1.54, 1.807) is 6.08 Å². The van der Waals surface area contributed by atoms with Crippen molar-refractivity contribution in [3.63, 3.8) is 0 Å². The first-order valence-corrected chi connectivity index (χ1v) is 8.45. The second-order valence-corrected chi connectivity index (χ2v) is 7.56. The first-order chi connectivity index (χ1) is 11.3. The molecule has 0 saturated carbocycles. The van der Waals surface area contributed by atoms with Crippen molar-refractivity contribution in [3.8, 4) is 17.2 Å². The Kier molecular flexibility index (Phi) is 2.97. The van der Waals surface area contributed by atoms with Gasteiger partial charge in [-0.2, -0.15) is 0 Å². The number of phenols is 2. The van der Waals surface area contributed by atoms with Crippen LogP contribution in [-0.4, -0.2) is 22.6 Å². The van der Waals surface area contributed by atoms with E-state index < -0.39 is 5.41 Å². The van der Waals surface area contributed by atoms with Crippen LogP contribution < -0.4 is 4.74 Å². The standard InChI is InChI=1S/C20H22O4/c1-9-5-6-20(4)12(11(9)3)7-13(21)15-16(20)18(23)19-14(17(15)22)10(2)8-24-19/h7,10,22-23H,5-6,8H2,1-4H3/t10-,20+/m1/s1. The predicted molar refractivity (Wildman–Crippen MR) is 91.1 cm³/mol. The third kappa shape index (κ3) is 1.66. The van der Waals surface area contributed by atoms with E-state index in [1.165, 1.54) is 5.57 Å². The van der Waals surface area contributed by atoms with Crippen LogP contribution in [0.5, 0.6) is 17.2 Å². The number of fused-ring (bicyclic) bond motifs is 4. The molecule has 1 aliphatic heterocycles. The highest BCUT2D eigenvalue weighted by Crippen LogP contribution is 2.59. The fourth-order valence-electron chi connectivity index (χ4n) is 4.53. The SMILES string of the molecule is CC1=C(C)C2=CC(=O)c3c(O)c4c(c(O)c3[C@@]2(C)CC1)OC[C@H]4C. The number of phenolic OH excluding ortho intramolecular Hbond substituents is 2. The number of allylic oxidation sites excluding steroid dienone is 4. The van der Waals surface area contributed by atoms with E-state index in [9.17, 15) is 15.0 Å². The first kappa shape index (κ1) is 15.3. The average Bonchev–Trinajstić information content (AvgIpc) is 2.92. The molecular weight excluding hydrogens is 304 g/mol. The summed E-state index contributed by atoms with van der Waals surface area (Å²) in [5, 5.41) is 21.7. The lowest BCUT2D eigenvalue weighted by Gasteiger charge is -2.42. The van der Waals surface area contributed by atoms with E-state index in [0.29, 0.717) is 23.5 Å². The van der Waals surface area contributed by atoms with Crippen LogP contribution in [-0.2, 0) is 5.41 Å². The summed E-state index contributed by atoms with van der Waals surface area (Å²) in [5.74, 6) is 0.0702. The van der Waals surface area contributed by atoms with Crippen LogP contribution in [0.3, 0.4) is 0 Å². The predicted octanol–water partition coefficient (Wildman–Crippen LogP) is 4.10. The minimum absolute atomic E-state index is 0.0201. The van der Waals surface area contributed by atoms with Crippen LogP contribution in [0.2, 0.25) is 0 Å². The largest absolute Gasteiger partial charge is 0.507 e. The van der Waals surface area contributed by atoms with E-state index in [1.807, 2.05) is 20.8 Å². The monoisotopic (exact) mass is 326 g/mol. The summed E-state index contributed by atoms with van der Waals surface area (Å²) in [7, 11) is 0. The first-order valence-electron chi connectivity index (χ1n) is 8.45. The molecule has 4 rings (SSSR count). The molecule has 0 saturated heterocycles. The Balaban J connectivity index is 2.08. The van der Waals surface area contributed by atoms with Gasteiger partial charge in [0.1, 0.15) is 5.75 Å². The lowest BCUT2D eigenvalue weighted by molar-refractivity contribution is 0.103. The van der Waals surface area contributed by atoms with E-state index >= 15 is 0 Å². The maximum absolute atomic E-state index is 12.8. The molecule has 4 heteroatoms. The summed E-state index contributed by atoms with van der Waals surface area (Å²) in [6.45, 7) is 8.48. The van der Waals surface area contributed by atoms with Gasteiger partial charge in [0.2, 0.25) is 0 Å². The number of aromatic hydroxyl groups is 2. The number of carbonyl (C=O) groups is 1. The molecule has 2 aliphatic carbocycles. The number of ketones is 1. The summed E-state index contributed by atoms with van der Waals surface area (Å²) in [4.78, 5) is 12.8. The lowest BCUT2D eigenvalue weighted by atomic mass is 9.61. The number of benzene rings is 1. The van der Waals surface area contributed by atoms with Gasteiger partial charge >= 0.3 is 0 Å². The van der Waals surface area contributed by atoms with E-state index in [-0.39, 0.29) is 28.8 Å². The number of hydrogen-bond donors (Lipinski definition) is 2. The molecule has 126 valence electrons. The highest BCUT2D eigenvalue weighted by molar-refractivity contribution is 6.12. The molecule has 2 atom stereocenters. The topological polar surface area (TPSA) is 66.8 Å². The fourth-order valence-corrected chi connectivity index (χ4v) is 4.53. The van der Waals surface area contributed by atoms with Crippen molar-refractivity contribution in [3.05, 3.63) is 39.5 Å². The quantitative estimate of drug-likeness (QED) is 0.704. The molecule has 24 heavy (non-hydrogen) atoms. The Hall–Kier alpha value is -2.23. The van der Waals surface area contributed by atoms with Crippen molar-refractivity contribution in [1.29, 1.82) is 0 Å². The second-order valence-electron chi connectivity index (χ2n) is 7.56. The normalized spacial score (nSPS) is 28.1. The number of carbonyl (C=O) groups excluding carboxylic acids is 1. The summed E-state index contributed by atoms with van der Waals surface area (Å²) < 4.78 is 5.64. The van der Waals surface area contributed by atoms with Gasteiger partial charge in [-0.05, 0) is 43.9 Å². The Bertz CT molecular complexity index is 859. The number of rotatable bonds is 0. The molecule has 0 unspecified atom stereocenters. The Labute approximate surface area is 141 Å². The van der Waals surface area contributed by atoms with Gasteiger partial charge in [-0.1, -0.05) is 19.4 Å². The average molecular weight is 326 g/mol. The van der Waals surface area contributed by atoms with Gasteiger partial charge < -0.3 is 14.9 Å². The van der Waals surface area contributed by atoms with Gasteiger partial charge in [-0.25, -0.2) is 0 Å². The molecular formula is C20H22O4. The third-order valence-electron chi connectivity index (χ3n) is 6.12. The summed E-state index contributed by atoms with van der Waals surface area (Å²) >= 11 is 0.